The van der Waals surface area contributed by atoms with Gasteiger partial charge in [0.15, 0.2) is 0 Å². The summed E-state index contributed by atoms with van der Waals surface area (Å²) >= 11 is 0. The number of nitrogen functional groups attached to an aromatic ring is 1. The molecule has 16 heavy (non-hydrogen) atoms. The second-order valence-corrected chi connectivity index (χ2v) is 5.19. The van der Waals surface area contributed by atoms with E-state index in [9.17, 15) is 0 Å². The minimum absolute atomic E-state index is 0.446. The maximum absolute atomic E-state index is 5.65. The lowest BCUT2D eigenvalue weighted by molar-refractivity contribution is 0.209. The molecule has 88 valence electrons. The van der Waals surface area contributed by atoms with Gasteiger partial charge < -0.3 is 11.1 Å². The maximum atomic E-state index is 5.65. The molecule has 3 N–H and O–H groups in total. The van der Waals surface area contributed by atoms with Crippen LogP contribution in [-0.2, 0) is 6.42 Å². The van der Waals surface area contributed by atoms with E-state index in [1.807, 2.05) is 12.1 Å². The number of hydrogen-bond acceptors (Lipinski definition) is 2. The van der Waals surface area contributed by atoms with E-state index in [4.69, 9.17) is 5.73 Å². The first kappa shape index (κ1) is 11.5. The topological polar surface area (TPSA) is 38.0 Å². The van der Waals surface area contributed by atoms with E-state index in [0.29, 0.717) is 5.54 Å². The van der Waals surface area contributed by atoms with Crippen molar-refractivity contribution >= 4 is 5.69 Å². The Morgan fingerprint density at radius 1 is 1.25 bits per heavy atom. The van der Waals surface area contributed by atoms with Crippen LogP contribution in [0.3, 0.4) is 0 Å². The van der Waals surface area contributed by atoms with Gasteiger partial charge >= 0.3 is 0 Å². The van der Waals surface area contributed by atoms with Gasteiger partial charge in [-0.15, -0.1) is 0 Å². The van der Waals surface area contributed by atoms with Gasteiger partial charge in [-0.2, -0.15) is 0 Å². The van der Waals surface area contributed by atoms with E-state index in [1.165, 1.54) is 31.2 Å². The van der Waals surface area contributed by atoms with Gasteiger partial charge in [0.1, 0.15) is 0 Å². The van der Waals surface area contributed by atoms with E-state index in [-0.39, 0.29) is 0 Å². The summed E-state index contributed by atoms with van der Waals surface area (Å²) < 4.78 is 0. The van der Waals surface area contributed by atoms with Gasteiger partial charge in [0.25, 0.3) is 0 Å². The zero-order chi connectivity index (χ0) is 11.4. The highest BCUT2D eigenvalue weighted by atomic mass is 15.0. The first-order chi connectivity index (χ1) is 7.68. The summed E-state index contributed by atoms with van der Waals surface area (Å²) in [7, 11) is 0. The summed E-state index contributed by atoms with van der Waals surface area (Å²) in [5.74, 6) is 0. The van der Waals surface area contributed by atoms with Crippen molar-refractivity contribution in [3.63, 3.8) is 0 Å². The fourth-order valence-corrected chi connectivity index (χ4v) is 2.25. The van der Waals surface area contributed by atoms with Crippen LogP contribution in [0.4, 0.5) is 5.69 Å². The van der Waals surface area contributed by atoms with Crippen molar-refractivity contribution in [2.75, 3.05) is 12.3 Å². The van der Waals surface area contributed by atoms with Crippen molar-refractivity contribution in [3.05, 3.63) is 29.8 Å². The van der Waals surface area contributed by atoms with Crippen LogP contribution in [0.25, 0.3) is 0 Å². The molecule has 1 aliphatic rings. The summed E-state index contributed by atoms with van der Waals surface area (Å²) in [4.78, 5) is 0. The normalized spacial score (nSPS) is 18.1. The summed E-state index contributed by atoms with van der Waals surface area (Å²) in [6.45, 7) is 3.46. The molecule has 1 aliphatic carbocycles. The van der Waals surface area contributed by atoms with Crippen LogP contribution in [0.15, 0.2) is 24.3 Å². The molecule has 0 bridgehead atoms. The molecule has 0 atom stereocenters. The highest BCUT2D eigenvalue weighted by Gasteiger charge is 2.30. The van der Waals surface area contributed by atoms with Crippen LogP contribution >= 0.6 is 0 Å². The largest absolute Gasteiger partial charge is 0.399 e. The molecule has 1 aromatic carbocycles. The fourth-order valence-electron chi connectivity index (χ4n) is 2.25. The number of aryl methyl sites for hydroxylation is 1. The summed E-state index contributed by atoms with van der Waals surface area (Å²) in [6, 6.07) is 8.22. The van der Waals surface area contributed by atoms with Gasteiger partial charge in [-0.25, -0.2) is 0 Å². The number of rotatable bonds is 5. The molecule has 0 aromatic heterocycles. The third-order valence-electron chi connectivity index (χ3n) is 3.63. The molecule has 1 aromatic rings. The van der Waals surface area contributed by atoms with E-state index in [2.05, 4.69) is 24.4 Å². The lowest BCUT2D eigenvalue weighted by Crippen LogP contribution is -2.48. The predicted molar refractivity (Wildman–Crippen MR) is 69.4 cm³/mol. The van der Waals surface area contributed by atoms with Crippen LogP contribution in [0.5, 0.6) is 0 Å². The number of nitrogens with one attached hydrogen (secondary N) is 1. The summed E-state index contributed by atoms with van der Waals surface area (Å²) in [6.07, 6.45) is 6.42. The monoisotopic (exact) mass is 218 g/mol. The van der Waals surface area contributed by atoms with Crippen LogP contribution in [0.1, 0.15) is 38.2 Å². The number of anilines is 1. The highest BCUT2D eigenvalue weighted by Crippen LogP contribution is 2.30. The fraction of sp³-hybridized carbons (Fsp3) is 0.571. The van der Waals surface area contributed by atoms with E-state index in [1.54, 1.807) is 0 Å². The molecule has 0 spiro atoms. The summed E-state index contributed by atoms with van der Waals surface area (Å²) in [5, 5.41) is 3.65. The number of benzene rings is 1. The van der Waals surface area contributed by atoms with Crippen molar-refractivity contribution in [2.24, 2.45) is 0 Å². The van der Waals surface area contributed by atoms with Gasteiger partial charge in [-0.3, -0.25) is 0 Å². The second kappa shape index (κ2) is 4.88. The lowest BCUT2D eigenvalue weighted by Gasteiger charge is -2.39. The van der Waals surface area contributed by atoms with Crippen molar-refractivity contribution in [3.8, 4) is 0 Å². The maximum Gasteiger partial charge on any atom is 0.0314 e. The highest BCUT2D eigenvalue weighted by molar-refractivity contribution is 5.39. The molecule has 2 nitrogen and oxygen atoms in total. The van der Waals surface area contributed by atoms with Gasteiger partial charge in [0, 0.05) is 11.2 Å². The van der Waals surface area contributed by atoms with Gasteiger partial charge in [0.05, 0.1) is 0 Å². The van der Waals surface area contributed by atoms with E-state index in [0.717, 1.165) is 18.7 Å². The molecule has 0 radical (unpaired) electrons. The van der Waals surface area contributed by atoms with Crippen LogP contribution in [0, 0.1) is 0 Å². The Hall–Kier alpha value is -1.02. The van der Waals surface area contributed by atoms with Crippen molar-refractivity contribution < 1.29 is 0 Å². The minimum Gasteiger partial charge on any atom is -0.399 e. The van der Waals surface area contributed by atoms with Crippen molar-refractivity contribution in [1.82, 2.24) is 5.32 Å². The molecule has 2 heteroatoms. The average Bonchev–Trinajstić information content (AvgIpc) is 2.24. The Morgan fingerprint density at radius 2 is 1.94 bits per heavy atom. The lowest BCUT2D eigenvalue weighted by atomic mass is 9.78. The molecule has 0 heterocycles. The second-order valence-electron chi connectivity index (χ2n) is 5.19. The van der Waals surface area contributed by atoms with Crippen molar-refractivity contribution in [1.29, 1.82) is 0 Å². The van der Waals surface area contributed by atoms with E-state index < -0.39 is 0 Å². The molecule has 1 fully saturated rings. The van der Waals surface area contributed by atoms with Gasteiger partial charge in [0.2, 0.25) is 0 Å². The Balaban J connectivity index is 1.66. The van der Waals surface area contributed by atoms with Gasteiger partial charge in [-0.05, 0) is 63.3 Å². The number of nitrogens with two attached hydrogens (primary N) is 1. The molecular weight excluding hydrogens is 196 g/mol. The molecule has 0 saturated heterocycles. The smallest absolute Gasteiger partial charge is 0.0314 e. The molecule has 2 rings (SSSR count). The van der Waals surface area contributed by atoms with Gasteiger partial charge in [-0.1, -0.05) is 12.1 Å². The zero-order valence-electron chi connectivity index (χ0n) is 10.1. The molecule has 1 saturated carbocycles. The van der Waals surface area contributed by atoms with E-state index >= 15 is 0 Å². The van der Waals surface area contributed by atoms with Crippen LogP contribution in [0.2, 0.25) is 0 Å². The Bertz CT molecular complexity index is 325. The standard InChI is InChI=1S/C14H22N2/c1-14(9-3-10-14)16-11-2-4-12-5-7-13(15)8-6-12/h5-8,16H,2-4,9-11,15H2,1H3. The molecule has 0 amide bonds. The first-order valence-electron chi connectivity index (χ1n) is 6.27. The first-order valence-corrected chi connectivity index (χ1v) is 6.27. The quantitative estimate of drug-likeness (QED) is 0.589. The average molecular weight is 218 g/mol. The SMILES string of the molecule is CC1(NCCCc2ccc(N)cc2)CCC1. The Morgan fingerprint density at radius 3 is 2.50 bits per heavy atom. The third-order valence-corrected chi connectivity index (χ3v) is 3.63. The molecule has 0 unspecified atom stereocenters. The molecule has 0 aliphatic heterocycles. The minimum atomic E-state index is 0.446. The van der Waals surface area contributed by atoms with Crippen molar-refractivity contribution in [2.45, 2.75) is 44.6 Å². The zero-order valence-corrected chi connectivity index (χ0v) is 10.1. The Kier molecular flexibility index (Phi) is 3.49. The van der Waals surface area contributed by atoms with Crippen LogP contribution in [-0.4, -0.2) is 12.1 Å². The summed E-state index contributed by atoms with van der Waals surface area (Å²) in [5.41, 5.74) is 8.33. The Labute approximate surface area is 98.2 Å². The number of hydrogen-bond donors (Lipinski definition) is 2. The molecular formula is C14H22N2. The third kappa shape index (κ3) is 2.99. The predicted octanol–water partition coefficient (Wildman–Crippen LogP) is 2.73. The van der Waals surface area contributed by atoms with Crippen LogP contribution < -0.4 is 11.1 Å².